The fraction of sp³-hybridized carbons (Fsp3) is 0.438. The van der Waals surface area contributed by atoms with Crippen molar-refractivity contribution in [1.29, 1.82) is 5.26 Å². The number of carbonyl (C=O) groups is 1. The number of benzene rings is 1. The Morgan fingerprint density at radius 1 is 1.18 bits per heavy atom. The number of aromatic nitrogens is 2. The number of nitriles is 1. The summed E-state index contributed by atoms with van der Waals surface area (Å²) < 4.78 is 5.64. The lowest BCUT2D eigenvalue weighted by Crippen LogP contribution is -2.47. The summed E-state index contributed by atoms with van der Waals surface area (Å²) in [5, 5.41) is 16.1. The lowest BCUT2D eigenvalue weighted by atomic mass is 9.96. The molecule has 0 saturated carbocycles. The van der Waals surface area contributed by atoms with Crippen molar-refractivity contribution in [3.63, 3.8) is 0 Å². The summed E-state index contributed by atoms with van der Waals surface area (Å²) in [6, 6.07) is 17.0. The second-order valence-electron chi connectivity index (χ2n) is 10.5. The molecule has 2 aromatic heterocycles. The van der Waals surface area contributed by atoms with Gasteiger partial charge >= 0.3 is 0 Å². The Morgan fingerprint density at radius 3 is 2.55 bits per heavy atom. The van der Waals surface area contributed by atoms with E-state index in [1.807, 2.05) is 50.5 Å². The molecule has 0 aliphatic carbocycles. The molecule has 4 rings (SSSR count). The third kappa shape index (κ3) is 7.44. The van der Waals surface area contributed by atoms with Gasteiger partial charge in [0, 0.05) is 31.0 Å². The molecular formula is C32H40N6O2. The Morgan fingerprint density at radius 2 is 1.93 bits per heavy atom. The van der Waals surface area contributed by atoms with Crippen molar-refractivity contribution in [3.8, 4) is 11.8 Å². The first-order valence-corrected chi connectivity index (χ1v) is 14.2. The maximum Gasteiger partial charge on any atom is 0.253 e. The van der Waals surface area contributed by atoms with Crippen LogP contribution >= 0.6 is 0 Å². The second-order valence-corrected chi connectivity index (χ2v) is 10.5. The highest BCUT2D eigenvalue weighted by Crippen LogP contribution is 2.26. The largest absolute Gasteiger partial charge is 0.494 e. The van der Waals surface area contributed by atoms with Crippen molar-refractivity contribution in [3.05, 3.63) is 88.5 Å². The summed E-state index contributed by atoms with van der Waals surface area (Å²) in [5.41, 5.74) is 4.62. The summed E-state index contributed by atoms with van der Waals surface area (Å²) in [5.74, 6) is 0.756. The van der Waals surface area contributed by atoms with Crippen LogP contribution in [-0.2, 0) is 0 Å². The first kappa shape index (κ1) is 29.2. The maximum atomic E-state index is 12.8. The summed E-state index contributed by atoms with van der Waals surface area (Å²) in [6.45, 7) is 11.1. The zero-order valence-electron chi connectivity index (χ0n) is 24.0. The third-order valence-corrected chi connectivity index (χ3v) is 7.68. The number of hydrogen-bond acceptors (Lipinski definition) is 7. The van der Waals surface area contributed by atoms with E-state index < -0.39 is 0 Å². The minimum Gasteiger partial charge on any atom is -0.494 e. The first-order chi connectivity index (χ1) is 19.4. The van der Waals surface area contributed by atoms with Gasteiger partial charge in [0.05, 0.1) is 23.9 Å². The number of ether oxygens (including phenoxy) is 1. The molecule has 1 fully saturated rings. The van der Waals surface area contributed by atoms with Crippen molar-refractivity contribution < 1.29 is 9.53 Å². The first-order valence-electron chi connectivity index (χ1n) is 14.2. The molecule has 1 aromatic carbocycles. The smallest absolute Gasteiger partial charge is 0.253 e. The average Bonchev–Trinajstić information content (AvgIpc) is 2.97. The van der Waals surface area contributed by atoms with E-state index in [0.29, 0.717) is 42.2 Å². The fourth-order valence-electron chi connectivity index (χ4n) is 5.50. The van der Waals surface area contributed by atoms with Gasteiger partial charge in [-0.2, -0.15) is 5.26 Å². The molecule has 8 nitrogen and oxygen atoms in total. The van der Waals surface area contributed by atoms with Crippen molar-refractivity contribution >= 4 is 5.91 Å². The van der Waals surface area contributed by atoms with Crippen LogP contribution in [0.2, 0.25) is 0 Å². The minimum atomic E-state index is -0.127. The average molecular weight is 541 g/mol. The van der Waals surface area contributed by atoms with E-state index in [4.69, 9.17) is 10.00 Å². The molecule has 0 bridgehead atoms. The number of aryl methyl sites for hydroxylation is 2. The molecule has 1 aliphatic rings. The molecule has 3 heterocycles. The molecule has 3 aromatic rings. The van der Waals surface area contributed by atoms with Crippen molar-refractivity contribution in [2.24, 2.45) is 0 Å². The van der Waals surface area contributed by atoms with Crippen molar-refractivity contribution in [1.82, 2.24) is 25.5 Å². The number of rotatable bonds is 11. The second kappa shape index (κ2) is 14.0. The Hall–Kier alpha value is -3.80. The van der Waals surface area contributed by atoms with Gasteiger partial charge in [0.2, 0.25) is 0 Å². The zero-order valence-corrected chi connectivity index (χ0v) is 24.0. The van der Waals surface area contributed by atoms with Crippen LogP contribution in [0.25, 0.3) is 0 Å². The highest BCUT2D eigenvalue weighted by molar-refractivity contribution is 5.96. The molecule has 2 atom stereocenters. The zero-order chi connectivity index (χ0) is 28.5. The predicted octanol–water partition coefficient (Wildman–Crippen LogP) is 4.72. The lowest BCUT2D eigenvalue weighted by Gasteiger charge is -2.38. The van der Waals surface area contributed by atoms with E-state index in [9.17, 15) is 4.79 Å². The Labute approximate surface area is 237 Å². The normalized spacial score (nSPS) is 15.7. The van der Waals surface area contributed by atoms with Gasteiger partial charge in [0.1, 0.15) is 17.5 Å². The van der Waals surface area contributed by atoms with E-state index in [0.717, 1.165) is 49.2 Å². The van der Waals surface area contributed by atoms with Gasteiger partial charge in [-0.05, 0) is 101 Å². The third-order valence-electron chi connectivity index (χ3n) is 7.68. The highest BCUT2D eigenvalue weighted by Gasteiger charge is 2.26. The number of nitrogens with zero attached hydrogens (tertiary/aromatic N) is 4. The topological polar surface area (TPSA) is 103 Å². The lowest BCUT2D eigenvalue weighted by molar-refractivity contribution is 0.0942. The van der Waals surface area contributed by atoms with Gasteiger partial charge in [-0.15, -0.1) is 0 Å². The standard InChI is InChI=1S/C32H40N6O2/c1-5-40-29-10-8-25(9-11-29)31(26-7-6-15-34-21-26)37-27-13-17-38(18-14-27)23(3)12-16-35-32(39)30-22(2)19-28(20-33)36-24(30)4/h6-11,15,19,21,23,27,31,37H,5,12-14,16-18H2,1-4H3,(H,35,39)/t23-,31?/m1/s1. The maximum absolute atomic E-state index is 12.8. The van der Waals surface area contributed by atoms with Crippen LogP contribution in [0.5, 0.6) is 5.75 Å². The highest BCUT2D eigenvalue weighted by atomic mass is 16.5. The number of piperidine rings is 1. The van der Waals surface area contributed by atoms with Crippen LogP contribution in [-0.4, -0.2) is 59.1 Å². The number of likely N-dealkylation sites (tertiary alicyclic amines) is 1. The Balaban J connectivity index is 1.29. The summed E-state index contributed by atoms with van der Waals surface area (Å²) in [4.78, 5) is 23.9. The summed E-state index contributed by atoms with van der Waals surface area (Å²) in [6.07, 6.45) is 6.73. The number of carbonyl (C=O) groups excluding carboxylic acids is 1. The van der Waals surface area contributed by atoms with Crippen molar-refractivity contribution in [2.45, 2.75) is 65.1 Å². The summed E-state index contributed by atoms with van der Waals surface area (Å²) >= 11 is 0. The van der Waals surface area contributed by atoms with Gasteiger partial charge in [-0.1, -0.05) is 18.2 Å². The summed E-state index contributed by atoms with van der Waals surface area (Å²) in [7, 11) is 0. The molecular weight excluding hydrogens is 500 g/mol. The van der Waals surface area contributed by atoms with Crippen LogP contribution in [0.15, 0.2) is 54.9 Å². The van der Waals surface area contributed by atoms with E-state index >= 15 is 0 Å². The molecule has 40 heavy (non-hydrogen) atoms. The number of hydrogen-bond donors (Lipinski definition) is 2. The van der Waals surface area contributed by atoms with Crippen molar-refractivity contribution in [2.75, 3.05) is 26.2 Å². The molecule has 210 valence electrons. The Kier molecular flexibility index (Phi) is 10.2. The molecule has 0 radical (unpaired) electrons. The quantitative estimate of drug-likeness (QED) is 0.363. The molecule has 1 saturated heterocycles. The van der Waals surface area contributed by atoms with Gasteiger partial charge in [0.15, 0.2) is 0 Å². The minimum absolute atomic E-state index is 0.0668. The van der Waals surface area contributed by atoms with Crippen LogP contribution in [0, 0.1) is 25.2 Å². The van der Waals surface area contributed by atoms with Crippen LogP contribution < -0.4 is 15.4 Å². The number of amides is 1. The van der Waals surface area contributed by atoms with Gasteiger partial charge in [-0.3, -0.25) is 9.78 Å². The van der Waals surface area contributed by atoms with E-state index in [-0.39, 0.29) is 11.9 Å². The fourth-order valence-corrected chi connectivity index (χ4v) is 5.50. The molecule has 8 heteroatoms. The molecule has 1 unspecified atom stereocenters. The predicted molar refractivity (Wildman–Crippen MR) is 156 cm³/mol. The number of nitrogens with one attached hydrogen (secondary N) is 2. The van der Waals surface area contributed by atoms with E-state index in [1.165, 1.54) is 5.56 Å². The van der Waals surface area contributed by atoms with E-state index in [1.54, 1.807) is 13.0 Å². The Bertz CT molecular complexity index is 1270. The SMILES string of the molecule is CCOc1ccc(C(NC2CCN([C@H](C)CCNC(=O)c3c(C)cc(C#N)nc3C)CC2)c2cccnc2)cc1. The molecule has 2 N–H and O–H groups in total. The van der Waals surface area contributed by atoms with E-state index in [2.05, 4.69) is 50.6 Å². The molecule has 0 spiro atoms. The molecule has 1 amide bonds. The molecule has 1 aliphatic heterocycles. The van der Waals surface area contributed by atoms with Crippen LogP contribution in [0.1, 0.15) is 77.6 Å². The van der Waals surface area contributed by atoms with Gasteiger partial charge in [0.25, 0.3) is 5.91 Å². The van der Waals surface area contributed by atoms with Crippen LogP contribution in [0.4, 0.5) is 0 Å². The number of pyridine rings is 2. The van der Waals surface area contributed by atoms with Crippen LogP contribution in [0.3, 0.4) is 0 Å². The monoisotopic (exact) mass is 540 g/mol. The van der Waals surface area contributed by atoms with Gasteiger partial charge < -0.3 is 20.3 Å². The van der Waals surface area contributed by atoms with Gasteiger partial charge in [-0.25, -0.2) is 4.98 Å².